The van der Waals surface area contributed by atoms with Crippen LogP contribution >= 0.6 is 0 Å². The van der Waals surface area contributed by atoms with Gasteiger partial charge in [-0.1, -0.05) is 0 Å². The maximum absolute atomic E-state index is 12.8. The second kappa shape index (κ2) is 6.91. The third-order valence-electron chi connectivity index (χ3n) is 4.38. The quantitative estimate of drug-likeness (QED) is 0.841. The van der Waals surface area contributed by atoms with Gasteiger partial charge < -0.3 is 14.2 Å². The highest BCUT2D eigenvalue weighted by Gasteiger charge is 2.38. The molecule has 3 rings (SSSR count). The summed E-state index contributed by atoms with van der Waals surface area (Å²) in [6.07, 6.45) is 8.50. The first-order chi connectivity index (χ1) is 11.2. The van der Waals surface area contributed by atoms with Crippen molar-refractivity contribution in [3.05, 3.63) is 48.3 Å². The molecule has 3 heterocycles. The topological polar surface area (TPSA) is 60.3 Å². The fourth-order valence-electron chi connectivity index (χ4n) is 2.99. The molecule has 2 atom stereocenters. The Morgan fingerprint density at radius 1 is 1.39 bits per heavy atom. The number of hydrogen-bond donors (Lipinski definition) is 0. The zero-order valence-corrected chi connectivity index (χ0v) is 13.6. The van der Waals surface area contributed by atoms with Crippen LogP contribution in [-0.2, 0) is 23.0 Å². The molecule has 122 valence electrons. The van der Waals surface area contributed by atoms with Crippen LogP contribution in [0.2, 0.25) is 0 Å². The predicted molar refractivity (Wildman–Crippen MR) is 85.6 cm³/mol. The Morgan fingerprint density at radius 2 is 2.17 bits per heavy atom. The minimum absolute atomic E-state index is 0.129. The van der Waals surface area contributed by atoms with Crippen LogP contribution in [0.1, 0.15) is 23.9 Å². The molecule has 2 aromatic heterocycles. The highest BCUT2D eigenvalue weighted by molar-refractivity contribution is 5.79. The van der Waals surface area contributed by atoms with Crippen LogP contribution in [0.4, 0.5) is 0 Å². The van der Waals surface area contributed by atoms with Gasteiger partial charge in [-0.25, -0.2) is 4.98 Å². The molecule has 1 amide bonds. The maximum atomic E-state index is 12.8. The van der Waals surface area contributed by atoms with Crippen LogP contribution in [0.15, 0.2) is 36.9 Å². The van der Waals surface area contributed by atoms with Crippen LogP contribution in [0.25, 0.3) is 0 Å². The zero-order valence-electron chi connectivity index (χ0n) is 13.6. The predicted octanol–water partition coefficient (Wildman–Crippen LogP) is 1.59. The standard InChI is InChI=1S/C17H22N4O2/c1-20-11-9-19-16(20)15-14(6-12-23-15)17(22)21(2)10-5-13-3-7-18-8-4-13/h3-4,7-9,11,14-15H,5-6,10,12H2,1-2H3/t14-,15-/m1/s1. The summed E-state index contributed by atoms with van der Waals surface area (Å²) in [6.45, 7) is 1.29. The van der Waals surface area contributed by atoms with Gasteiger partial charge in [0.25, 0.3) is 0 Å². The van der Waals surface area contributed by atoms with Gasteiger partial charge in [0.05, 0.1) is 5.92 Å². The Morgan fingerprint density at radius 3 is 2.87 bits per heavy atom. The molecular formula is C17H22N4O2. The van der Waals surface area contributed by atoms with Gasteiger partial charge in [-0.2, -0.15) is 0 Å². The number of imidazole rings is 1. The molecule has 0 N–H and O–H groups in total. The third kappa shape index (κ3) is 3.42. The molecule has 1 fully saturated rings. The second-order valence-corrected chi connectivity index (χ2v) is 5.95. The van der Waals surface area contributed by atoms with E-state index in [1.54, 1.807) is 23.5 Å². The van der Waals surface area contributed by atoms with Gasteiger partial charge in [-0.3, -0.25) is 9.78 Å². The van der Waals surface area contributed by atoms with Crippen molar-refractivity contribution in [2.75, 3.05) is 20.2 Å². The van der Waals surface area contributed by atoms with Crippen molar-refractivity contribution >= 4 is 5.91 Å². The molecule has 0 radical (unpaired) electrons. The number of ether oxygens (including phenoxy) is 1. The Hall–Kier alpha value is -2.21. The molecule has 0 bridgehead atoms. The Bertz CT molecular complexity index is 656. The Kier molecular flexibility index (Phi) is 4.71. The largest absolute Gasteiger partial charge is 0.369 e. The van der Waals surface area contributed by atoms with Crippen molar-refractivity contribution in [1.29, 1.82) is 0 Å². The number of rotatable bonds is 5. The lowest BCUT2D eigenvalue weighted by atomic mass is 9.99. The summed E-state index contributed by atoms with van der Waals surface area (Å²) in [5.74, 6) is 0.798. The highest BCUT2D eigenvalue weighted by atomic mass is 16.5. The van der Waals surface area contributed by atoms with Gasteiger partial charge in [-0.15, -0.1) is 0 Å². The van der Waals surface area contributed by atoms with E-state index in [-0.39, 0.29) is 17.9 Å². The van der Waals surface area contributed by atoms with Crippen LogP contribution in [0.5, 0.6) is 0 Å². The van der Waals surface area contributed by atoms with Gasteiger partial charge in [0, 0.05) is 52.0 Å². The number of pyridine rings is 1. The van der Waals surface area contributed by atoms with Crippen molar-refractivity contribution in [2.24, 2.45) is 13.0 Å². The van der Waals surface area contributed by atoms with E-state index in [9.17, 15) is 4.79 Å². The molecule has 1 aliphatic heterocycles. The Labute approximate surface area is 136 Å². The van der Waals surface area contributed by atoms with Gasteiger partial charge in [0.15, 0.2) is 0 Å². The first kappa shape index (κ1) is 15.7. The smallest absolute Gasteiger partial charge is 0.228 e. The summed E-state index contributed by atoms with van der Waals surface area (Å²) in [5, 5.41) is 0. The van der Waals surface area contributed by atoms with Crippen LogP contribution in [0, 0.1) is 5.92 Å². The summed E-state index contributed by atoms with van der Waals surface area (Å²) in [7, 11) is 3.79. The van der Waals surface area contributed by atoms with Gasteiger partial charge in [-0.05, 0) is 30.5 Å². The lowest BCUT2D eigenvalue weighted by Gasteiger charge is -2.24. The third-order valence-corrected chi connectivity index (χ3v) is 4.38. The number of likely N-dealkylation sites (N-methyl/N-ethyl adjacent to an activating group) is 1. The summed E-state index contributed by atoms with van der Waals surface area (Å²) in [6, 6.07) is 3.96. The van der Waals surface area contributed by atoms with E-state index in [1.807, 2.05) is 37.0 Å². The van der Waals surface area contributed by atoms with E-state index >= 15 is 0 Å². The average molecular weight is 314 g/mol. The number of aryl methyl sites for hydroxylation is 1. The number of hydrogen-bond acceptors (Lipinski definition) is 4. The van der Waals surface area contributed by atoms with Gasteiger partial charge in [0.2, 0.25) is 5.91 Å². The molecule has 6 heteroatoms. The summed E-state index contributed by atoms with van der Waals surface area (Å²) in [4.78, 5) is 22.9. The average Bonchev–Trinajstić information content (AvgIpc) is 3.21. The van der Waals surface area contributed by atoms with Gasteiger partial charge >= 0.3 is 0 Å². The van der Waals surface area contributed by atoms with E-state index in [0.29, 0.717) is 13.2 Å². The van der Waals surface area contributed by atoms with E-state index in [4.69, 9.17) is 4.74 Å². The van der Waals surface area contributed by atoms with E-state index in [1.165, 1.54) is 5.56 Å². The number of nitrogens with zero attached hydrogens (tertiary/aromatic N) is 4. The maximum Gasteiger partial charge on any atom is 0.228 e. The molecule has 2 aromatic rings. The van der Waals surface area contributed by atoms with Crippen LogP contribution in [-0.4, -0.2) is 45.5 Å². The monoisotopic (exact) mass is 314 g/mol. The van der Waals surface area contributed by atoms with E-state index in [0.717, 1.165) is 18.7 Å². The summed E-state index contributed by atoms with van der Waals surface area (Å²) in [5.41, 5.74) is 1.18. The van der Waals surface area contributed by atoms with E-state index in [2.05, 4.69) is 9.97 Å². The SMILES string of the molecule is CN(CCc1ccncc1)C(=O)[C@@H]1CCO[C@H]1c1nccn1C. The molecule has 0 aliphatic carbocycles. The number of amides is 1. The zero-order chi connectivity index (χ0) is 16.2. The van der Waals surface area contributed by atoms with Crippen molar-refractivity contribution in [1.82, 2.24) is 19.4 Å². The summed E-state index contributed by atoms with van der Waals surface area (Å²) >= 11 is 0. The van der Waals surface area contributed by atoms with Crippen LogP contribution < -0.4 is 0 Å². The fraction of sp³-hybridized carbons (Fsp3) is 0.471. The van der Waals surface area contributed by atoms with Crippen molar-refractivity contribution in [3.8, 4) is 0 Å². The Balaban J connectivity index is 1.63. The molecule has 6 nitrogen and oxygen atoms in total. The molecule has 1 saturated heterocycles. The molecule has 0 saturated carbocycles. The lowest BCUT2D eigenvalue weighted by Crippen LogP contribution is -2.36. The number of carbonyl (C=O) groups excluding carboxylic acids is 1. The van der Waals surface area contributed by atoms with E-state index < -0.39 is 0 Å². The van der Waals surface area contributed by atoms with Crippen molar-refractivity contribution in [3.63, 3.8) is 0 Å². The number of aromatic nitrogens is 3. The molecule has 23 heavy (non-hydrogen) atoms. The van der Waals surface area contributed by atoms with Crippen molar-refractivity contribution < 1.29 is 9.53 Å². The minimum Gasteiger partial charge on any atom is -0.369 e. The van der Waals surface area contributed by atoms with Crippen molar-refractivity contribution in [2.45, 2.75) is 18.9 Å². The van der Waals surface area contributed by atoms with Gasteiger partial charge in [0.1, 0.15) is 11.9 Å². The lowest BCUT2D eigenvalue weighted by molar-refractivity contribution is -0.136. The number of carbonyl (C=O) groups is 1. The normalized spacial score (nSPS) is 20.6. The molecular weight excluding hydrogens is 292 g/mol. The molecule has 0 aromatic carbocycles. The molecule has 0 spiro atoms. The highest BCUT2D eigenvalue weighted by Crippen LogP contribution is 2.34. The molecule has 0 unspecified atom stereocenters. The first-order valence-electron chi connectivity index (χ1n) is 7.89. The summed E-state index contributed by atoms with van der Waals surface area (Å²) < 4.78 is 7.71. The first-order valence-corrected chi connectivity index (χ1v) is 7.89. The van der Waals surface area contributed by atoms with Crippen LogP contribution in [0.3, 0.4) is 0 Å². The molecule has 1 aliphatic rings. The second-order valence-electron chi connectivity index (χ2n) is 5.95. The minimum atomic E-state index is -0.245. The fourth-order valence-corrected chi connectivity index (χ4v) is 2.99.